The van der Waals surface area contributed by atoms with E-state index >= 15 is 0 Å². The Bertz CT molecular complexity index is 535. The van der Waals surface area contributed by atoms with Crippen molar-refractivity contribution in [2.45, 2.75) is 50.5 Å². The van der Waals surface area contributed by atoms with Gasteiger partial charge in [0, 0.05) is 17.2 Å². The first kappa shape index (κ1) is 16.5. The maximum atomic E-state index is 11.7. The maximum Gasteiger partial charge on any atom is 0.150 e. The van der Waals surface area contributed by atoms with E-state index in [0.29, 0.717) is 11.8 Å². The summed E-state index contributed by atoms with van der Waals surface area (Å²) in [5, 5.41) is 3.45. The third-order valence-corrected chi connectivity index (χ3v) is 6.79. The maximum absolute atomic E-state index is 11.7. The van der Waals surface area contributed by atoms with E-state index in [-0.39, 0.29) is 11.2 Å². The zero-order chi connectivity index (χ0) is 15.3. The van der Waals surface area contributed by atoms with Crippen LogP contribution >= 0.6 is 0 Å². The largest absolute Gasteiger partial charge is 0.316 e. The Morgan fingerprint density at radius 3 is 2.38 bits per heavy atom. The van der Waals surface area contributed by atoms with Gasteiger partial charge in [-0.1, -0.05) is 43.7 Å². The summed E-state index contributed by atoms with van der Waals surface area (Å²) in [7, 11) is -0.848. The number of sulfone groups is 1. The number of hydrogen-bond acceptors (Lipinski definition) is 3. The van der Waals surface area contributed by atoms with Crippen molar-refractivity contribution in [2.75, 3.05) is 18.6 Å². The van der Waals surface area contributed by atoms with Crippen molar-refractivity contribution in [1.29, 1.82) is 0 Å². The second kappa shape index (κ2) is 6.93. The van der Waals surface area contributed by atoms with Gasteiger partial charge in [-0.2, -0.15) is 0 Å². The van der Waals surface area contributed by atoms with Gasteiger partial charge in [0.2, 0.25) is 0 Å². The van der Waals surface area contributed by atoms with Gasteiger partial charge in [-0.25, -0.2) is 8.42 Å². The summed E-state index contributed by atoms with van der Waals surface area (Å²) >= 11 is 0. The Morgan fingerprint density at radius 1 is 1.24 bits per heavy atom. The van der Waals surface area contributed by atoms with Crippen molar-refractivity contribution in [3.63, 3.8) is 0 Å². The van der Waals surface area contributed by atoms with Crippen LogP contribution in [0.3, 0.4) is 0 Å². The highest BCUT2D eigenvalue weighted by Crippen LogP contribution is 2.47. The van der Waals surface area contributed by atoms with E-state index in [9.17, 15) is 8.42 Å². The fourth-order valence-electron chi connectivity index (χ4n) is 3.51. The van der Waals surface area contributed by atoms with Crippen LogP contribution in [0.4, 0.5) is 0 Å². The first-order chi connectivity index (χ1) is 10.0. The summed E-state index contributed by atoms with van der Waals surface area (Å²) in [6.45, 7) is 1.72. The van der Waals surface area contributed by atoms with E-state index < -0.39 is 9.84 Å². The fourth-order valence-corrected chi connectivity index (χ4v) is 4.41. The molecule has 1 aliphatic rings. The molecule has 1 saturated carbocycles. The SMILES string of the molecule is CCS(=O)(=O)CCCC(NC)C1(c2ccccc2)CCC1. The van der Waals surface area contributed by atoms with Crippen LogP contribution in [0.1, 0.15) is 44.6 Å². The molecule has 4 heteroatoms. The van der Waals surface area contributed by atoms with Gasteiger partial charge in [0.15, 0.2) is 0 Å². The molecule has 118 valence electrons. The molecule has 1 fully saturated rings. The predicted molar refractivity (Wildman–Crippen MR) is 88.4 cm³/mol. The van der Waals surface area contributed by atoms with Gasteiger partial charge in [-0.3, -0.25) is 0 Å². The van der Waals surface area contributed by atoms with Gasteiger partial charge in [-0.05, 0) is 38.3 Å². The zero-order valence-corrected chi connectivity index (χ0v) is 14.0. The zero-order valence-electron chi connectivity index (χ0n) is 13.1. The molecule has 0 bridgehead atoms. The first-order valence-electron chi connectivity index (χ1n) is 7.97. The number of rotatable bonds is 8. The predicted octanol–water partition coefficient (Wildman–Crippen LogP) is 2.91. The van der Waals surface area contributed by atoms with Gasteiger partial charge in [0.05, 0.1) is 5.75 Å². The van der Waals surface area contributed by atoms with E-state index in [2.05, 4.69) is 35.6 Å². The normalized spacial score (nSPS) is 19.0. The lowest BCUT2D eigenvalue weighted by atomic mass is 9.59. The summed E-state index contributed by atoms with van der Waals surface area (Å²) < 4.78 is 23.3. The molecule has 3 nitrogen and oxygen atoms in total. The number of nitrogens with one attached hydrogen (secondary N) is 1. The Hall–Kier alpha value is -0.870. The molecule has 1 aliphatic carbocycles. The van der Waals surface area contributed by atoms with E-state index in [0.717, 1.165) is 12.8 Å². The van der Waals surface area contributed by atoms with Gasteiger partial charge in [-0.15, -0.1) is 0 Å². The molecular weight excluding hydrogens is 282 g/mol. The molecule has 0 radical (unpaired) electrons. The van der Waals surface area contributed by atoms with Crippen molar-refractivity contribution in [3.8, 4) is 0 Å². The third-order valence-electron chi connectivity index (χ3n) is 5.00. The molecular formula is C17H27NO2S. The summed E-state index contributed by atoms with van der Waals surface area (Å²) in [4.78, 5) is 0. The summed E-state index contributed by atoms with van der Waals surface area (Å²) in [5.74, 6) is 0.563. The monoisotopic (exact) mass is 309 g/mol. The average Bonchev–Trinajstić information content (AvgIpc) is 2.45. The Morgan fingerprint density at radius 2 is 1.90 bits per heavy atom. The lowest BCUT2D eigenvalue weighted by Gasteiger charge is -2.48. The minimum Gasteiger partial charge on any atom is -0.316 e. The molecule has 0 aromatic heterocycles. The minimum absolute atomic E-state index is 0.200. The molecule has 0 aliphatic heterocycles. The Kier molecular flexibility index (Phi) is 5.44. The number of likely N-dealkylation sites (N-methyl/N-ethyl adjacent to an activating group) is 1. The Labute approximate surface area is 129 Å². The van der Waals surface area contributed by atoms with E-state index in [1.807, 2.05) is 7.05 Å². The third kappa shape index (κ3) is 3.67. The van der Waals surface area contributed by atoms with Crippen molar-refractivity contribution < 1.29 is 8.42 Å². The fraction of sp³-hybridized carbons (Fsp3) is 0.647. The average molecular weight is 309 g/mol. The topological polar surface area (TPSA) is 46.2 Å². The van der Waals surface area contributed by atoms with Crippen LogP contribution in [-0.2, 0) is 15.3 Å². The highest BCUT2D eigenvalue weighted by Gasteiger charge is 2.44. The second-order valence-electron chi connectivity index (χ2n) is 6.10. The number of hydrogen-bond donors (Lipinski definition) is 1. The highest BCUT2D eigenvalue weighted by atomic mass is 32.2. The second-order valence-corrected chi connectivity index (χ2v) is 8.57. The molecule has 2 rings (SSSR count). The minimum atomic E-state index is -2.85. The van der Waals surface area contributed by atoms with Crippen LogP contribution in [0.5, 0.6) is 0 Å². The van der Waals surface area contributed by atoms with Crippen LogP contribution in [-0.4, -0.2) is 33.0 Å². The van der Waals surface area contributed by atoms with Crippen LogP contribution < -0.4 is 5.32 Å². The molecule has 21 heavy (non-hydrogen) atoms. The van der Waals surface area contributed by atoms with E-state index in [4.69, 9.17) is 0 Å². The van der Waals surface area contributed by atoms with E-state index in [1.54, 1.807) is 6.92 Å². The number of benzene rings is 1. The highest BCUT2D eigenvalue weighted by molar-refractivity contribution is 7.91. The summed E-state index contributed by atoms with van der Waals surface area (Å²) in [6.07, 6.45) is 5.33. The van der Waals surface area contributed by atoms with Crippen LogP contribution in [0.25, 0.3) is 0 Å². The first-order valence-corrected chi connectivity index (χ1v) is 9.79. The molecule has 0 saturated heterocycles. The van der Waals surface area contributed by atoms with Gasteiger partial charge >= 0.3 is 0 Å². The molecule has 1 atom stereocenters. The molecule has 1 N–H and O–H groups in total. The van der Waals surface area contributed by atoms with Crippen molar-refractivity contribution in [3.05, 3.63) is 35.9 Å². The van der Waals surface area contributed by atoms with Crippen molar-refractivity contribution >= 4 is 9.84 Å². The van der Waals surface area contributed by atoms with Crippen LogP contribution in [0.2, 0.25) is 0 Å². The van der Waals surface area contributed by atoms with Crippen LogP contribution in [0.15, 0.2) is 30.3 Å². The molecule has 0 amide bonds. The standard InChI is InChI=1S/C17H27NO2S/c1-3-21(19,20)14-7-11-16(18-2)17(12-8-13-17)15-9-5-4-6-10-15/h4-6,9-10,16,18H,3,7-8,11-14H2,1-2H3. The lowest BCUT2D eigenvalue weighted by molar-refractivity contribution is 0.167. The molecule has 1 aromatic rings. The lowest BCUT2D eigenvalue weighted by Crippen LogP contribution is -2.51. The molecule has 1 unspecified atom stereocenters. The smallest absolute Gasteiger partial charge is 0.150 e. The quantitative estimate of drug-likeness (QED) is 0.803. The molecule has 1 aromatic carbocycles. The van der Waals surface area contributed by atoms with Crippen molar-refractivity contribution in [2.24, 2.45) is 0 Å². The van der Waals surface area contributed by atoms with Gasteiger partial charge < -0.3 is 5.32 Å². The van der Waals surface area contributed by atoms with Gasteiger partial charge in [0.25, 0.3) is 0 Å². The van der Waals surface area contributed by atoms with Crippen molar-refractivity contribution in [1.82, 2.24) is 5.32 Å². The molecule has 0 spiro atoms. The van der Waals surface area contributed by atoms with Gasteiger partial charge in [0.1, 0.15) is 9.84 Å². The van der Waals surface area contributed by atoms with E-state index in [1.165, 1.54) is 24.8 Å². The molecule has 0 heterocycles. The summed E-state index contributed by atoms with van der Waals surface area (Å²) in [5.41, 5.74) is 1.60. The Balaban J connectivity index is 2.05. The summed E-state index contributed by atoms with van der Waals surface area (Å²) in [6, 6.07) is 11.0. The van der Waals surface area contributed by atoms with Crippen LogP contribution in [0, 0.1) is 0 Å².